The zero-order chi connectivity index (χ0) is 14.5. The van der Waals surface area contributed by atoms with Crippen molar-refractivity contribution in [2.75, 3.05) is 26.7 Å². The van der Waals surface area contributed by atoms with Gasteiger partial charge in [0.2, 0.25) is 5.91 Å². The van der Waals surface area contributed by atoms with E-state index in [0.717, 1.165) is 12.8 Å². The second-order valence-corrected chi connectivity index (χ2v) is 5.18. The van der Waals surface area contributed by atoms with Gasteiger partial charge in [0.25, 0.3) is 0 Å². The summed E-state index contributed by atoms with van der Waals surface area (Å²) < 4.78 is 0. The third kappa shape index (κ3) is 3.67. The molecule has 106 valence electrons. The van der Waals surface area contributed by atoms with Crippen LogP contribution in [0.5, 0.6) is 0 Å². The van der Waals surface area contributed by atoms with Crippen molar-refractivity contribution in [1.29, 1.82) is 5.26 Å². The molecule has 1 aliphatic rings. The average molecular weight is 267 g/mol. The highest BCUT2D eigenvalue weighted by molar-refractivity contribution is 5.82. The number of nitriles is 1. The van der Waals surface area contributed by atoms with Crippen LogP contribution in [0.4, 0.5) is 0 Å². The smallest absolute Gasteiger partial charge is 0.323 e. The number of carbonyl (C=O) groups excluding carboxylic acids is 1. The molecule has 0 bridgehead atoms. The van der Waals surface area contributed by atoms with Gasteiger partial charge in [0.1, 0.15) is 5.54 Å². The quantitative estimate of drug-likeness (QED) is 0.792. The van der Waals surface area contributed by atoms with Crippen LogP contribution in [0, 0.1) is 11.3 Å². The summed E-state index contributed by atoms with van der Waals surface area (Å²) in [4.78, 5) is 26.6. The number of aliphatic carboxylic acids is 1. The van der Waals surface area contributed by atoms with Crippen LogP contribution in [0.3, 0.4) is 0 Å². The normalized spacial score (nSPS) is 23.6. The van der Waals surface area contributed by atoms with Crippen molar-refractivity contribution >= 4 is 11.9 Å². The van der Waals surface area contributed by atoms with Crippen molar-refractivity contribution in [3.05, 3.63) is 0 Å². The summed E-state index contributed by atoms with van der Waals surface area (Å²) >= 11 is 0. The summed E-state index contributed by atoms with van der Waals surface area (Å²) in [5, 5.41) is 17.8. The minimum Gasteiger partial charge on any atom is -0.480 e. The number of amides is 1. The fourth-order valence-corrected chi connectivity index (χ4v) is 2.30. The van der Waals surface area contributed by atoms with Gasteiger partial charge in [-0.2, -0.15) is 5.26 Å². The number of carbonyl (C=O) groups is 2. The Bertz CT molecular complexity index is 391. The fraction of sp³-hybridized carbons (Fsp3) is 0.769. The lowest BCUT2D eigenvalue weighted by Crippen LogP contribution is -2.57. The Hall–Kier alpha value is -1.61. The van der Waals surface area contributed by atoms with E-state index < -0.39 is 11.5 Å². The number of nitrogens with zero attached hydrogens (tertiary/aromatic N) is 3. The molecule has 1 fully saturated rings. The molecular weight excluding hydrogens is 246 g/mol. The van der Waals surface area contributed by atoms with Crippen LogP contribution in [0.2, 0.25) is 0 Å². The van der Waals surface area contributed by atoms with Crippen molar-refractivity contribution in [3.8, 4) is 6.07 Å². The van der Waals surface area contributed by atoms with Crippen LogP contribution in [0.1, 0.15) is 32.6 Å². The predicted molar refractivity (Wildman–Crippen MR) is 69.3 cm³/mol. The van der Waals surface area contributed by atoms with Crippen molar-refractivity contribution < 1.29 is 14.7 Å². The molecule has 1 rings (SSSR count). The zero-order valence-electron chi connectivity index (χ0n) is 11.6. The van der Waals surface area contributed by atoms with Crippen LogP contribution < -0.4 is 0 Å². The number of hydrogen-bond donors (Lipinski definition) is 1. The minimum absolute atomic E-state index is 0.102. The van der Waals surface area contributed by atoms with Gasteiger partial charge in [-0.05, 0) is 32.7 Å². The van der Waals surface area contributed by atoms with E-state index in [9.17, 15) is 14.7 Å². The molecule has 1 atom stereocenters. The molecule has 6 heteroatoms. The molecule has 0 aromatic heterocycles. The lowest BCUT2D eigenvalue weighted by atomic mass is 9.88. The van der Waals surface area contributed by atoms with Gasteiger partial charge in [-0.3, -0.25) is 14.5 Å². The van der Waals surface area contributed by atoms with Crippen molar-refractivity contribution in [2.24, 2.45) is 0 Å². The number of likely N-dealkylation sites (tertiary alicyclic amines) is 1. The number of rotatable bonds is 5. The minimum atomic E-state index is -0.954. The van der Waals surface area contributed by atoms with Crippen molar-refractivity contribution in [1.82, 2.24) is 9.80 Å². The molecule has 1 unspecified atom stereocenters. The standard InChI is InChI=1S/C13H21N3O3/c1-13(12(18)19)6-3-4-9-16(13)10-11(17)15(2)8-5-7-14/h3-6,8-10H2,1-2H3,(H,18,19). The molecule has 0 aromatic rings. The van der Waals surface area contributed by atoms with Crippen molar-refractivity contribution in [2.45, 2.75) is 38.1 Å². The monoisotopic (exact) mass is 267 g/mol. The van der Waals surface area contributed by atoms with Crippen LogP contribution in [-0.4, -0.2) is 59.0 Å². The second-order valence-electron chi connectivity index (χ2n) is 5.18. The van der Waals surface area contributed by atoms with Crippen LogP contribution in [-0.2, 0) is 9.59 Å². The van der Waals surface area contributed by atoms with E-state index >= 15 is 0 Å². The van der Waals surface area contributed by atoms with Crippen LogP contribution in [0.25, 0.3) is 0 Å². The predicted octanol–water partition coefficient (Wildman–Crippen LogP) is 0.688. The van der Waals surface area contributed by atoms with Crippen LogP contribution in [0.15, 0.2) is 0 Å². The lowest BCUT2D eigenvalue weighted by Gasteiger charge is -2.41. The maximum atomic E-state index is 12.0. The van der Waals surface area contributed by atoms with Gasteiger partial charge in [-0.15, -0.1) is 0 Å². The third-order valence-electron chi connectivity index (χ3n) is 3.81. The molecule has 1 amide bonds. The molecule has 0 saturated carbocycles. The average Bonchev–Trinajstić information content (AvgIpc) is 2.38. The highest BCUT2D eigenvalue weighted by Crippen LogP contribution is 2.27. The van der Waals surface area contributed by atoms with E-state index in [2.05, 4.69) is 0 Å². The number of carboxylic acids is 1. The Morgan fingerprint density at radius 2 is 2.16 bits per heavy atom. The summed E-state index contributed by atoms with van der Waals surface area (Å²) in [6.07, 6.45) is 2.64. The Balaban J connectivity index is 2.65. The Morgan fingerprint density at radius 1 is 1.47 bits per heavy atom. The van der Waals surface area contributed by atoms with E-state index in [4.69, 9.17) is 5.26 Å². The van der Waals surface area contributed by atoms with Gasteiger partial charge >= 0.3 is 5.97 Å². The van der Waals surface area contributed by atoms with E-state index in [1.165, 1.54) is 4.90 Å². The first-order valence-electron chi connectivity index (χ1n) is 6.51. The summed E-state index contributed by atoms with van der Waals surface area (Å²) in [5.74, 6) is -1.01. The number of likely N-dealkylation sites (N-methyl/N-ethyl adjacent to an activating group) is 1. The summed E-state index contributed by atoms with van der Waals surface area (Å²) in [6.45, 7) is 2.79. The second kappa shape index (κ2) is 6.53. The van der Waals surface area contributed by atoms with E-state index in [-0.39, 0.29) is 12.5 Å². The fourth-order valence-electron chi connectivity index (χ4n) is 2.30. The molecule has 1 saturated heterocycles. The SMILES string of the molecule is CN(CCC#N)C(=O)CN1CCCCC1(C)C(=O)O. The number of hydrogen-bond acceptors (Lipinski definition) is 4. The van der Waals surface area contributed by atoms with Gasteiger partial charge in [0.15, 0.2) is 0 Å². The zero-order valence-corrected chi connectivity index (χ0v) is 11.6. The highest BCUT2D eigenvalue weighted by atomic mass is 16.4. The topological polar surface area (TPSA) is 84.6 Å². The lowest BCUT2D eigenvalue weighted by molar-refractivity contribution is -0.154. The van der Waals surface area contributed by atoms with Crippen molar-refractivity contribution in [3.63, 3.8) is 0 Å². The number of carboxylic acid groups (broad SMARTS) is 1. The van der Waals surface area contributed by atoms with E-state index in [1.807, 2.05) is 6.07 Å². The van der Waals surface area contributed by atoms with E-state index in [1.54, 1.807) is 18.9 Å². The summed E-state index contributed by atoms with van der Waals surface area (Å²) in [7, 11) is 1.64. The molecular formula is C13H21N3O3. The molecule has 0 radical (unpaired) electrons. The molecule has 1 aliphatic heterocycles. The molecule has 0 aromatic carbocycles. The third-order valence-corrected chi connectivity index (χ3v) is 3.81. The Labute approximate surface area is 113 Å². The molecule has 1 heterocycles. The van der Waals surface area contributed by atoms with Gasteiger partial charge in [0, 0.05) is 13.6 Å². The summed E-state index contributed by atoms with van der Waals surface area (Å²) in [6, 6.07) is 1.99. The molecule has 19 heavy (non-hydrogen) atoms. The van der Waals surface area contributed by atoms with Crippen LogP contribution >= 0.6 is 0 Å². The molecule has 1 N–H and O–H groups in total. The Morgan fingerprint density at radius 3 is 2.74 bits per heavy atom. The highest BCUT2D eigenvalue weighted by Gasteiger charge is 2.42. The first-order valence-corrected chi connectivity index (χ1v) is 6.51. The van der Waals surface area contributed by atoms with Gasteiger partial charge in [-0.25, -0.2) is 0 Å². The molecule has 6 nitrogen and oxygen atoms in total. The number of piperidine rings is 1. The molecule has 0 spiro atoms. The molecule has 0 aliphatic carbocycles. The van der Waals surface area contributed by atoms with E-state index in [0.29, 0.717) is 25.9 Å². The maximum Gasteiger partial charge on any atom is 0.323 e. The van der Waals surface area contributed by atoms with Gasteiger partial charge in [-0.1, -0.05) is 0 Å². The Kier molecular flexibility index (Phi) is 5.31. The largest absolute Gasteiger partial charge is 0.480 e. The summed E-state index contributed by atoms with van der Waals surface area (Å²) in [5.41, 5.74) is -0.954. The first-order chi connectivity index (χ1) is 8.91. The maximum absolute atomic E-state index is 12.0. The first kappa shape index (κ1) is 15.4. The van der Waals surface area contributed by atoms with Gasteiger partial charge in [0.05, 0.1) is 19.0 Å². The van der Waals surface area contributed by atoms with Gasteiger partial charge < -0.3 is 10.0 Å².